The van der Waals surface area contributed by atoms with Gasteiger partial charge in [-0.15, -0.1) is 0 Å². The van der Waals surface area contributed by atoms with Gasteiger partial charge in [0.25, 0.3) is 0 Å². The molecule has 1 aromatic heterocycles. The van der Waals surface area contributed by atoms with Gasteiger partial charge in [0.2, 0.25) is 5.91 Å². The predicted octanol–water partition coefficient (Wildman–Crippen LogP) is 2.22. The number of rotatable bonds is 6. The van der Waals surface area contributed by atoms with Crippen LogP contribution in [0.4, 0.5) is 0 Å². The molecule has 19 heavy (non-hydrogen) atoms. The molecule has 0 saturated heterocycles. The largest absolute Gasteiger partial charge is 0.292 e. The highest BCUT2D eigenvalue weighted by molar-refractivity contribution is 5.75. The van der Waals surface area contributed by atoms with E-state index in [4.69, 9.17) is 0 Å². The second-order valence-electron chi connectivity index (χ2n) is 5.25. The average Bonchev–Trinajstić information content (AvgIpc) is 2.46. The zero-order valence-electron chi connectivity index (χ0n) is 11.4. The summed E-state index contributed by atoms with van der Waals surface area (Å²) in [5, 5.41) is 0. The van der Waals surface area contributed by atoms with Crippen LogP contribution in [0, 0.1) is 5.92 Å². The van der Waals surface area contributed by atoms with E-state index in [-0.39, 0.29) is 5.91 Å². The van der Waals surface area contributed by atoms with E-state index >= 15 is 0 Å². The number of amides is 1. The Labute approximate surface area is 115 Å². The molecule has 1 aliphatic rings. The molecule has 2 rings (SSSR count). The summed E-state index contributed by atoms with van der Waals surface area (Å²) in [4.78, 5) is 16.0. The molecule has 2 N–H and O–H groups in total. The lowest BCUT2D eigenvalue weighted by molar-refractivity contribution is -0.123. The maximum absolute atomic E-state index is 11.7. The summed E-state index contributed by atoms with van der Waals surface area (Å²) >= 11 is 0. The van der Waals surface area contributed by atoms with Crippen LogP contribution in [0.1, 0.15) is 44.2 Å². The van der Waals surface area contributed by atoms with E-state index in [0.717, 1.165) is 12.1 Å². The standard InChI is InChI=1S/C15H23N3O/c19-15(12-13-6-2-1-3-7-13)18-17-11-9-14-8-4-5-10-16-14/h4-5,8,10,13,17H,1-3,6-7,9,11-12H2,(H,18,19). The van der Waals surface area contributed by atoms with Crippen molar-refractivity contribution in [2.24, 2.45) is 5.92 Å². The fraction of sp³-hybridized carbons (Fsp3) is 0.600. The third kappa shape index (κ3) is 5.39. The number of carbonyl (C=O) groups is 1. The van der Waals surface area contributed by atoms with Crippen LogP contribution < -0.4 is 10.9 Å². The third-order valence-electron chi connectivity index (χ3n) is 3.66. The van der Waals surface area contributed by atoms with Gasteiger partial charge in [-0.05, 0) is 30.9 Å². The van der Waals surface area contributed by atoms with Crippen LogP contribution in [0.3, 0.4) is 0 Å². The Morgan fingerprint density at radius 2 is 2.11 bits per heavy atom. The molecule has 104 valence electrons. The molecule has 1 fully saturated rings. The lowest BCUT2D eigenvalue weighted by Gasteiger charge is -2.20. The Morgan fingerprint density at radius 3 is 2.84 bits per heavy atom. The molecular weight excluding hydrogens is 238 g/mol. The number of nitrogens with one attached hydrogen (secondary N) is 2. The SMILES string of the molecule is O=C(CC1CCCCC1)NNCCc1ccccn1. The molecule has 0 atom stereocenters. The van der Waals surface area contributed by atoms with Gasteiger partial charge in [-0.25, -0.2) is 5.43 Å². The van der Waals surface area contributed by atoms with Gasteiger partial charge in [-0.2, -0.15) is 0 Å². The maximum atomic E-state index is 11.7. The van der Waals surface area contributed by atoms with Gasteiger partial charge in [-0.3, -0.25) is 15.2 Å². The Hall–Kier alpha value is -1.42. The van der Waals surface area contributed by atoms with E-state index in [1.54, 1.807) is 6.20 Å². The number of hydrogen-bond acceptors (Lipinski definition) is 3. The summed E-state index contributed by atoms with van der Waals surface area (Å²) in [6, 6.07) is 5.87. The minimum absolute atomic E-state index is 0.118. The van der Waals surface area contributed by atoms with Crippen LogP contribution in [0.15, 0.2) is 24.4 Å². The molecule has 0 bridgehead atoms. The minimum Gasteiger partial charge on any atom is -0.292 e. The van der Waals surface area contributed by atoms with Crippen molar-refractivity contribution in [3.8, 4) is 0 Å². The summed E-state index contributed by atoms with van der Waals surface area (Å²) in [5.41, 5.74) is 6.81. The van der Waals surface area contributed by atoms with Crippen LogP contribution in [0.2, 0.25) is 0 Å². The summed E-state index contributed by atoms with van der Waals surface area (Å²) in [6.45, 7) is 0.716. The van der Waals surface area contributed by atoms with E-state index in [0.29, 0.717) is 18.9 Å². The van der Waals surface area contributed by atoms with Crippen molar-refractivity contribution >= 4 is 5.91 Å². The van der Waals surface area contributed by atoms with Crippen molar-refractivity contribution in [3.05, 3.63) is 30.1 Å². The average molecular weight is 261 g/mol. The number of hydrazine groups is 1. The number of nitrogens with zero attached hydrogens (tertiary/aromatic N) is 1. The van der Waals surface area contributed by atoms with Gasteiger partial charge < -0.3 is 0 Å². The minimum atomic E-state index is 0.118. The summed E-state index contributed by atoms with van der Waals surface area (Å²) in [6.07, 6.45) is 9.59. The van der Waals surface area contributed by atoms with Gasteiger partial charge in [0.15, 0.2) is 0 Å². The van der Waals surface area contributed by atoms with Gasteiger partial charge in [-0.1, -0.05) is 25.3 Å². The topological polar surface area (TPSA) is 54.0 Å². The van der Waals surface area contributed by atoms with Crippen molar-refractivity contribution in [1.82, 2.24) is 15.8 Å². The first-order valence-electron chi connectivity index (χ1n) is 7.26. The molecule has 0 aromatic carbocycles. The molecule has 4 nitrogen and oxygen atoms in total. The molecule has 1 amide bonds. The maximum Gasteiger partial charge on any atom is 0.234 e. The van der Waals surface area contributed by atoms with Gasteiger partial charge in [0.05, 0.1) is 0 Å². The lowest BCUT2D eigenvalue weighted by atomic mass is 9.87. The first-order chi connectivity index (χ1) is 9.34. The van der Waals surface area contributed by atoms with Crippen LogP contribution in [-0.2, 0) is 11.2 Å². The Balaban J connectivity index is 1.56. The van der Waals surface area contributed by atoms with Crippen molar-refractivity contribution < 1.29 is 4.79 Å². The van der Waals surface area contributed by atoms with E-state index in [9.17, 15) is 4.79 Å². The lowest BCUT2D eigenvalue weighted by Crippen LogP contribution is -2.39. The molecule has 1 heterocycles. The Kier molecular flexibility index (Phi) is 5.82. The van der Waals surface area contributed by atoms with Crippen molar-refractivity contribution in [3.63, 3.8) is 0 Å². The smallest absolute Gasteiger partial charge is 0.234 e. The zero-order chi connectivity index (χ0) is 13.3. The molecule has 4 heteroatoms. The molecule has 1 aliphatic carbocycles. The number of pyridine rings is 1. The number of hydrogen-bond donors (Lipinski definition) is 2. The highest BCUT2D eigenvalue weighted by atomic mass is 16.2. The number of aromatic nitrogens is 1. The molecule has 1 saturated carbocycles. The fourth-order valence-electron chi connectivity index (χ4n) is 2.60. The van der Waals surface area contributed by atoms with Crippen LogP contribution in [0.5, 0.6) is 0 Å². The molecule has 0 unspecified atom stereocenters. The molecule has 0 spiro atoms. The van der Waals surface area contributed by atoms with Crippen molar-refractivity contribution in [2.45, 2.75) is 44.9 Å². The fourth-order valence-corrected chi connectivity index (χ4v) is 2.60. The Morgan fingerprint density at radius 1 is 1.26 bits per heavy atom. The van der Waals surface area contributed by atoms with Gasteiger partial charge >= 0.3 is 0 Å². The predicted molar refractivity (Wildman–Crippen MR) is 75.3 cm³/mol. The second kappa shape index (κ2) is 7.89. The highest BCUT2D eigenvalue weighted by Gasteiger charge is 2.16. The molecular formula is C15H23N3O. The quantitative estimate of drug-likeness (QED) is 0.610. The molecule has 1 aromatic rings. The molecule has 0 radical (unpaired) electrons. The van der Waals surface area contributed by atoms with E-state index < -0.39 is 0 Å². The van der Waals surface area contributed by atoms with Crippen LogP contribution in [-0.4, -0.2) is 17.4 Å². The van der Waals surface area contributed by atoms with Crippen molar-refractivity contribution in [1.29, 1.82) is 0 Å². The summed E-state index contributed by atoms with van der Waals surface area (Å²) in [7, 11) is 0. The van der Waals surface area contributed by atoms with Gasteiger partial charge in [0, 0.05) is 31.3 Å². The van der Waals surface area contributed by atoms with Crippen LogP contribution >= 0.6 is 0 Å². The summed E-state index contributed by atoms with van der Waals surface area (Å²) in [5.74, 6) is 0.708. The summed E-state index contributed by atoms with van der Waals surface area (Å²) < 4.78 is 0. The molecule has 0 aliphatic heterocycles. The monoisotopic (exact) mass is 261 g/mol. The van der Waals surface area contributed by atoms with E-state index in [2.05, 4.69) is 15.8 Å². The second-order valence-corrected chi connectivity index (χ2v) is 5.25. The van der Waals surface area contributed by atoms with E-state index in [1.165, 1.54) is 32.1 Å². The van der Waals surface area contributed by atoms with Crippen molar-refractivity contribution in [2.75, 3.05) is 6.54 Å². The Bertz CT molecular complexity index is 374. The first kappa shape index (κ1) is 14.0. The third-order valence-corrected chi connectivity index (χ3v) is 3.66. The first-order valence-corrected chi connectivity index (χ1v) is 7.26. The van der Waals surface area contributed by atoms with Gasteiger partial charge in [0.1, 0.15) is 0 Å². The van der Waals surface area contributed by atoms with E-state index in [1.807, 2.05) is 18.2 Å². The zero-order valence-corrected chi connectivity index (χ0v) is 11.4. The van der Waals surface area contributed by atoms with Crippen LogP contribution in [0.25, 0.3) is 0 Å². The normalized spacial score (nSPS) is 16.2. The number of carbonyl (C=O) groups excluding carboxylic acids is 1. The highest BCUT2D eigenvalue weighted by Crippen LogP contribution is 2.25.